The van der Waals surface area contributed by atoms with Crippen LogP contribution in [0.25, 0.3) is 0 Å². The van der Waals surface area contributed by atoms with Crippen LogP contribution in [0.1, 0.15) is 51.8 Å². The number of hydrogen-bond donors (Lipinski definition) is 0. The van der Waals surface area contributed by atoms with E-state index >= 15 is 0 Å². The van der Waals surface area contributed by atoms with Gasteiger partial charge in [-0.3, -0.25) is 9.59 Å². The van der Waals surface area contributed by atoms with E-state index in [1.807, 2.05) is 54.3 Å². The SMILES string of the molecule is Cc1ccccc1C(=O)N(CC(=O)N1CCc2sccc2C1c1ccccc1)CC(C)C. The first-order valence-corrected chi connectivity index (χ1v) is 12.1. The van der Waals surface area contributed by atoms with E-state index in [4.69, 9.17) is 0 Å². The molecule has 0 fully saturated rings. The summed E-state index contributed by atoms with van der Waals surface area (Å²) >= 11 is 1.76. The molecule has 1 aromatic heterocycles. The molecule has 0 bridgehead atoms. The van der Waals surface area contributed by atoms with Gasteiger partial charge < -0.3 is 9.80 Å². The third kappa shape index (κ3) is 4.63. The van der Waals surface area contributed by atoms with Crippen LogP contribution in [0.3, 0.4) is 0 Å². The van der Waals surface area contributed by atoms with Crippen LogP contribution in [-0.2, 0) is 11.2 Å². The highest BCUT2D eigenvalue weighted by atomic mass is 32.1. The lowest BCUT2D eigenvalue weighted by Crippen LogP contribution is -2.47. The first kappa shape index (κ1) is 22.3. The van der Waals surface area contributed by atoms with Crippen molar-refractivity contribution in [3.05, 3.63) is 93.2 Å². The molecule has 1 aliphatic heterocycles. The highest BCUT2D eigenvalue weighted by Gasteiger charge is 2.34. The Morgan fingerprint density at radius 3 is 2.50 bits per heavy atom. The van der Waals surface area contributed by atoms with Crippen molar-refractivity contribution in [2.24, 2.45) is 5.92 Å². The number of amides is 2. The summed E-state index contributed by atoms with van der Waals surface area (Å²) in [6.45, 7) is 7.40. The van der Waals surface area contributed by atoms with Crippen molar-refractivity contribution < 1.29 is 9.59 Å². The normalized spacial score (nSPS) is 15.5. The third-order valence-corrected chi connectivity index (χ3v) is 6.97. The summed E-state index contributed by atoms with van der Waals surface area (Å²) in [5.74, 6) is 0.193. The predicted molar refractivity (Wildman–Crippen MR) is 130 cm³/mol. The zero-order valence-corrected chi connectivity index (χ0v) is 19.8. The zero-order chi connectivity index (χ0) is 22.7. The van der Waals surface area contributed by atoms with E-state index in [1.54, 1.807) is 16.2 Å². The molecule has 3 aromatic rings. The summed E-state index contributed by atoms with van der Waals surface area (Å²) in [5.41, 5.74) is 3.92. The van der Waals surface area contributed by atoms with E-state index in [0.717, 1.165) is 17.5 Å². The summed E-state index contributed by atoms with van der Waals surface area (Å²) in [4.78, 5) is 32.1. The maximum absolute atomic E-state index is 13.7. The van der Waals surface area contributed by atoms with E-state index in [9.17, 15) is 9.59 Å². The Morgan fingerprint density at radius 1 is 1.06 bits per heavy atom. The minimum absolute atomic E-state index is 0.00159. The van der Waals surface area contributed by atoms with Gasteiger partial charge in [0.05, 0.1) is 6.04 Å². The van der Waals surface area contributed by atoms with E-state index in [0.29, 0.717) is 18.7 Å². The Labute approximate surface area is 194 Å². The standard InChI is InChI=1S/C27H30N2O2S/c1-19(2)17-28(27(31)22-12-8-7-9-20(22)3)18-25(30)29-15-13-24-23(14-16-32-24)26(29)21-10-5-4-6-11-21/h4-12,14,16,19,26H,13,15,17-18H2,1-3H3. The van der Waals surface area contributed by atoms with Gasteiger partial charge in [-0.05, 0) is 53.5 Å². The fraction of sp³-hybridized carbons (Fsp3) is 0.333. The Hall–Kier alpha value is -2.92. The molecule has 32 heavy (non-hydrogen) atoms. The molecule has 2 amide bonds. The van der Waals surface area contributed by atoms with Crippen LogP contribution in [0, 0.1) is 12.8 Å². The van der Waals surface area contributed by atoms with Gasteiger partial charge in [0.15, 0.2) is 0 Å². The van der Waals surface area contributed by atoms with Crippen LogP contribution < -0.4 is 0 Å². The van der Waals surface area contributed by atoms with Crippen molar-refractivity contribution in [1.82, 2.24) is 9.80 Å². The molecule has 0 N–H and O–H groups in total. The molecule has 0 saturated heterocycles. The monoisotopic (exact) mass is 446 g/mol. The summed E-state index contributed by atoms with van der Waals surface area (Å²) in [6.07, 6.45) is 0.859. The van der Waals surface area contributed by atoms with Crippen molar-refractivity contribution >= 4 is 23.2 Å². The van der Waals surface area contributed by atoms with Crippen molar-refractivity contribution in [2.45, 2.75) is 33.2 Å². The van der Waals surface area contributed by atoms with Crippen LogP contribution in [0.2, 0.25) is 0 Å². The number of aryl methyl sites for hydroxylation is 1. The highest BCUT2D eigenvalue weighted by molar-refractivity contribution is 7.10. The Kier molecular flexibility index (Phi) is 6.75. The summed E-state index contributed by atoms with van der Waals surface area (Å²) in [6, 6.07) is 19.8. The highest BCUT2D eigenvalue weighted by Crippen LogP contribution is 2.37. The average molecular weight is 447 g/mol. The second-order valence-corrected chi connectivity index (χ2v) is 9.84. The molecule has 1 aliphatic rings. The zero-order valence-electron chi connectivity index (χ0n) is 19.0. The maximum Gasteiger partial charge on any atom is 0.254 e. The van der Waals surface area contributed by atoms with Crippen LogP contribution >= 0.6 is 11.3 Å². The van der Waals surface area contributed by atoms with Gasteiger partial charge >= 0.3 is 0 Å². The van der Waals surface area contributed by atoms with Crippen molar-refractivity contribution in [1.29, 1.82) is 0 Å². The third-order valence-electron chi connectivity index (χ3n) is 5.98. The number of rotatable bonds is 6. The quantitative estimate of drug-likeness (QED) is 0.514. The largest absolute Gasteiger partial charge is 0.330 e. The molecule has 166 valence electrons. The summed E-state index contributed by atoms with van der Waals surface area (Å²) in [5, 5.41) is 2.11. The van der Waals surface area contributed by atoms with Crippen LogP contribution in [0.4, 0.5) is 0 Å². The number of nitrogens with zero attached hydrogens (tertiary/aromatic N) is 2. The lowest BCUT2D eigenvalue weighted by Gasteiger charge is -2.38. The Balaban J connectivity index is 1.62. The summed E-state index contributed by atoms with van der Waals surface area (Å²) in [7, 11) is 0. The van der Waals surface area contributed by atoms with Crippen LogP contribution in [-0.4, -0.2) is 41.2 Å². The van der Waals surface area contributed by atoms with Gasteiger partial charge in [-0.1, -0.05) is 62.4 Å². The smallest absolute Gasteiger partial charge is 0.254 e. The maximum atomic E-state index is 13.7. The molecule has 4 rings (SSSR count). The van der Waals surface area contributed by atoms with Gasteiger partial charge in [-0.15, -0.1) is 11.3 Å². The van der Waals surface area contributed by atoms with Gasteiger partial charge in [-0.25, -0.2) is 0 Å². The van der Waals surface area contributed by atoms with Crippen LogP contribution in [0.5, 0.6) is 0 Å². The number of carbonyl (C=O) groups excluding carboxylic acids is 2. The van der Waals surface area contributed by atoms with E-state index < -0.39 is 0 Å². The lowest BCUT2D eigenvalue weighted by atomic mass is 9.93. The fourth-order valence-electron chi connectivity index (χ4n) is 4.48. The van der Waals surface area contributed by atoms with Crippen LogP contribution in [0.15, 0.2) is 66.0 Å². The van der Waals surface area contributed by atoms with Gasteiger partial charge in [0, 0.05) is 23.5 Å². The first-order valence-electron chi connectivity index (χ1n) is 11.2. The van der Waals surface area contributed by atoms with Crippen molar-refractivity contribution in [2.75, 3.05) is 19.6 Å². The lowest BCUT2D eigenvalue weighted by molar-refractivity contribution is -0.134. The molecule has 5 heteroatoms. The molecule has 4 nitrogen and oxygen atoms in total. The summed E-state index contributed by atoms with van der Waals surface area (Å²) < 4.78 is 0. The van der Waals surface area contributed by atoms with E-state index in [1.165, 1.54) is 10.4 Å². The van der Waals surface area contributed by atoms with E-state index in [-0.39, 0.29) is 30.3 Å². The van der Waals surface area contributed by atoms with Crippen molar-refractivity contribution in [3.8, 4) is 0 Å². The topological polar surface area (TPSA) is 40.6 Å². The molecular weight excluding hydrogens is 416 g/mol. The van der Waals surface area contributed by atoms with Gasteiger partial charge in [0.1, 0.15) is 6.54 Å². The second-order valence-electron chi connectivity index (χ2n) is 8.84. The minimum Gasteiger partial charge on any atom is -0.330 e. The van der Waals surface area contributed by atoms with Crippen molar-refractivity contribution in [3.63, 3.8) is 0 Å². The Morgan fingerprint density at radius 2 is 1.78 bits per heavy atom. The fourth-order valence-corrected chi connectivity index (χ4v) is 5.38. The van der Waals surface area contributed by atoms with E-state index in [2.05, 4.69) is 37.4 Å². The minimum atomic E-state index is -0.104. The number of fused-ring (bicyclic) bond motifs is 1. The number of hydrogen-bond acceptors (Lipinski definition) is 3. The molecule has 0 radical (unpaired) electrons. The molecule has 0 saturated carbocycles. The number of benzene rings is 2. The Bertz CT molecular complexity index is 1090. The second kappa shape index (κ2) is 9.70. The molecule has 1 atom stereocenters. The van der Waals surface area contributed by atoms with Gasteiger partial charge in [0.25, 0.3) is 5.91 Å². The molecule has 1 unspecified atom stereocenters. The molecule has 2 aromatic carbocycles. The predicted octanol–water partition coefficient (Wildman–Crippen LogP) is 5.33. The molecule has 0 spiro atoms. The number of thiophene rings is 1. The number of carbonyl (C=O) groups is 2. The average Bonchev–Trinajstić information content (AvgIpc) is 3.27. The first-order chi connectivity index (χ1) is 15.5. The molecular formula is C27H30N2O2S. The molecule has 2 heterocycles. The molecule has 0 aliphatic carbocycles. The van der Waals surface area contributed by atoms with Gasteiger partial charge in [0.2, 0.25) is 5.91 Å². The van der Waals surface area contributed by atoms with Gasteiger partial charge in [-0.2, -0.15) is 0 Å².